The molecule has 0 saturated heterocycles. The molecule has 0 aliphatic carbocycles. The lowest BCUT2D eigenvalue weighted by Crippen LogP contribution is -2.42. The lowest BCUT2D eigenvalue weighted by Gasteiger charge is -2.35. The highest BCUT2D eigenvalue weighted by Gasteiger charge is 2.23. The van der Waals surface area contributed by atoms with Gasteiger partial charge in [0.15, 0.2) is 0 Å². The molecule has 1 aromatic heterocycles. The fourth-order valence-corrected chi connectivity index (χ4v) is 1.74. The highest BCUT2D eigenvalue weighted by atomic mass is 16.3. The normalized spacial score (nSPS) is 14.2. The van der Waals surface area contributed by atoms with E-state index in [-0.39, 0.29) is 0 Å². The van der Waals surface area contributed by atoms with Crippen molar-refractivity contribution in [1.29, 1.82) is 0 Å². The Balaban J connectivity index is 2.18. The molecule has 0 aliphatic heterocycles. The fraction of sp³-hybridized carbons (Fsp3) is 0.714. The second kappa shape index (κ2) is 6.22. The molecule has 0 fully saturated rings. The van der Waals surface area contributed by atoms with E-state index >= 15 is 0 Å². The van der Waals surface area contributed by atoms with Crippen molar-refractivity contribution in [3.8, 4) is 0 Å². The van der Waals surface area contributed by atoms with E-state index in [9.17, 15) is 0 Å². The molecule has 1 aromatic rings. The second-order valence-corrected chi connectivity index (χ2v) is 5.83. The standard InChI is InChI=1S/C14H26N2O/c1-12(14(2,3)4)16(5)8-7-15-10-13-6-9-17-11-13/h6,9,11-12,15H,7-8,10H2,1-5H3. The van der Waals surface area contributed by atoms with Gasteiger partial charge >= 0.3 is 0 Å². The SMILES string of the molecule is CC(N(C)CCNCc1ccoc1)C(C)(C)C. The molecule has 0 spiro atoms. The van der Waals surface area contributed by atoms with E-state index in [1.807, 2.05) is 6.07 Å². The summed E-state index contributed by atoms with van der Waals surface area (Å²) >= 11 is 0. The van der Waals surface area contributed by atoms with Gasteiger partial charge in [-0.25, -0.2) is 0 Å². The first-order valence-corrected chi connectivity index (χ1v) is 6.33. The van der Waals surface area contributed by atoms with Crippen LogP contribution in [0.3, 0.4) is 0 Å². The molecule has 0 amide bonds. The van der Waals surface area contributed by atoms with E-state index < -0.39 is 0 Å². The van der Waals surface area contributed by atoms with Gasteiger partial charge in [0.1, 0.15) is 0 Å². The summed E-state index contributed by atoms with van der Waals surface area (Å²) in [6.45, 7) is 12.1. The van der Waals surface area contributed by atoms with Crippen LogP contribution in [0.25, 0.3) is 0 Å². The summed E-state index contributed by atoms with van der Waals surface area (Å²) in [5.41, 5.74) is 1.54. The number of rotatable bonds is 6. The van der Waals surface area contributed by atoms with Crippen LogP contribution in [0.15, 0.2) is 23.0 Å². The van der Waals surface area contributed by atoms with Gasteiger partial charge in [-0.05, 0) is 25.5 Å². The molecule has 3 heteroatoms. The number of likely N-dealkylation sites (N-methyl/N-ethyl adjacent to an activating group) is 1. The summed E-state index contributed by atoms with van der Waals surface area (Å²) in [5.74, 6) is 0. The molecule has 0 aliphatic rings. The molecule has 1 unspecified atom stereocenters. The monoisotopic (exact) mass is 238 g/mol. The predicted octanol–water partition coefficient (Wildman–Crippen LogP) is 2.74. The molecule has 1 atom stereocenters. The average molecular weight is 238 g/mol. The topological polar surface area (TPSA) is 28.4 Å². The number of furan rings is 1. The van der Waals surface area contributed by atoms with Crippen molar-refractivity contribution in [3.63, 3.8) is 0 Å². The molecule has 1 N–H and O–H groups in total. The maximum Gasteiger partial charge on any atom is 0.0947 e. The molecule has 1 rings (SSSR count). The third-order valence-corrected chi connectivity index (χ3v) is 3.46. The number of nitrogens with zero attached hydrogens (tertiary/aromatic N) is 1. The molecule has 98 valence electrons. The zero-order valence-electron chi connectivity index (χ0n) is 11.8. The van der Waals surface area contributed by atoms with Crippen molar-refractivity contribution in [3.05, 3.63) is 24.2 Å². The Morgan fingerprint density at radius 3 is 2.65 bits per heavy atom. The maximum atomic E-state index is 5.03. The van der Waals surface area contributed by atoms with E-state index in [4.69, 9.17) is 4.42 Å². The quantitative estimate of drug-likeness (QED) is 0.772. The Kier molecular flexibility index (Phi) is 5.22. The van der Waals surface area contributed by atoms with Crippen LogP contribution in [-0.2, 0) is 6.54 Å². The Bertz CT molecular complexity index is 301. The number of hydrogen-bond acceptors (Lipinski definition) is 3. The Morgan fingerprint density at radius 2 is 2.12 bits per heavy atom. The number of hydrogen-bond donors (Lipinski definition) is 1. The van der Waals surface area contributed by atoms with Gasteiger partial charge in [-0.15, -0.1) is 0 Å². The van der Waals surface area contributed by atoms with Crippen LogP contribution in [0.5, 0.6) is 0 Å². The van der Waals surface area contributed by atoms with Crippen molar-refractivity contribution in [2.45, 2.75) is 40.3 Å². The highest BCUT2D eigenvalue weighted by Crippen LogP contribution is 2.22. The van der Waals surface area contributed by atoms with Crippen LogP contribution in [-0.4, -0.2) is 31.1 Å². The smallest absolute Gasteiger partial charge is 0.0947 e. The Labute approximate surface area is 105 Å². The van der Waals surface area contributed by atoms with Gasteiger partial charge in [0.05, 0.1) is 12.5 Å². The summed E-state index contributed by atoms with van der Waals surface area (Å²) in [7, 11) is 2.19. The van der Waals surface area contributed by atoms with Gasteiger partial charge in [-0.3, -0.25) is 0 Å². The van der Waals surface area contributed by atoms with Crippen LogP contribution in [0, 0.1) is 5.41 Å². The van der Waals surface area contributed by atoms with Gasteiger partial charge in [-0.2, -0.15) is 0 Å². The first-order chi connectivity index (χ1) is 7.91. The first-order valence-electron chi connectivity index (χ1n) is 6.33. The fourth-order valence-electron chi connectivity index (χ4n) is 1.74. The minimum atomic E-state index is 0.333. The lowest BCUT2D eigenvalue weighted by atomic mass is 9.87. The van der Waals surface area contributed by atoms with Gasteiger partial charge in [-0.1, -0.05) is 20.8 Å². The van der Waals surface area contributed by atoms with Crippen LogP contribution in [0.2, 0.25) is 0 Å². The highest BCUT2D eigenvalue weighted by molar-refractivity contribution is 5.04. The zero-order chi connectivity index (χ0) is 12.9. The Hall–Kier alpha value is -0.800. The minimum Gasteiger partial charge on any atom is -0.472 e. The summed E-state index contributed by atoms with van der Waals surface area (Å²) < 4.78 is 5.03. The van der Waals surface area contributed by atoms with Crippen molar-refractivity contribution >= 4 is 0 Å². The van der Waals surface area contributed by atoms with Crippen LogP contribution >= 0.6 is 0 Å². The maximum absolute atomic E-state index is 5.03. The van der Waals surface area contributed by atoms with Gasteiger partial charge in [0, 0.05) is 31.2 Å². The van der Waals surface area contributed by atoms with E-state index in [2.05, 4.69) is 45.0 Å². The molecule has 0 aromatic carbocycles. The molecular weight excluding hydrogens is 212 g/mol. The predicted molar refractivity (Wildman–Crippen MR) is 72.0 cm³/mol. The molecule has 3 nitrogen and oxygen atoms in total. The molecule has 0 radical (unpaired) electrons. The van der Waals surface area contributed by atoms with Gasteiger partial charge < -0.3 is 14.6 Å². The van der Waals surface area contributed by atoms with Crippen molar-refractivity contribution in [2.24, 2.45) is 5.41 Å². The summed E-state index contributed by atoms with van der Waals surface area (Å²) in [5, 5.41) is 3.42. The largest absolute Gasteiger partial charge is 0.472 e. The first kappa shape index (κ1) is 14.3. The Morgan fingerprint density at radius 1 is 1.41 bits per heavy atom. The van der Waals surface area contributed by atoms with Crippen LogP contribution < -0.4 is 5.32 Å². The lowest BCUT2D eigenvalue weighted by molar-refractivity contribution is 0.142. The van der Waals surface area contributed by atoms with Crippen LogP contribution in [0.4, 0.5) is 0 Å². The third-order valence-electron chi connectivity index (χ3n) is 3.46. The zero-order valence-corrected chi connectivity index (χ0v) is 11.8. The van der Waals surface area contributed by atoms with Gasteiger partial charge in [0.25, 0.3) is 0 Å². The van der Waals surface area contributed by atoms with Gasteiger partial charge in [0.2, 0.25) is 0 Å². The van der Waals surface area contributed by atoms with Crippen LogP contribution in [0.1, 0.15) is 33.3 Å². The summed E-state index contributed by atoms with van der Waals surface area (Å²) in [6.07, 6.45) is 3.50. The molecule has 0 saturated carbocycles. The number of nitrogens with one attached hydrogen (secondary N) is 1. The second-order valence-electron chi connectivity index (χ2n) is 5.83. The van der Waals surface area contributed by atoms with Crippen molar-refractivity contribution < 1.29 is 4.42 Å². The van der Waals surface area contributed by atoms with E-state index in [0.29, 0.717) is 11.5 Å². The minimum absolute atomic E-state index is 0.333. The average Bonchev–Trinajstić information content (AvgIpc) is 2.74. The van der Waals surface area contributed by atoms with E-state index in [1.54, 1.807) is 12.5 Å². The van der Waals surface area contributed by atoms with Crippen molar-refractivity contribution in [1.82, 2.24) is 10.2 Å². The summed E-state index contributed by atoms with van der Waals surface area (Å²) in [6, 6.07) is 2.58. The molecule has 0 bridgehead atoms. The molecule has 1 heterocycles. The molecule has 17 heavy (non-hydrogen) atoms. The molecular formula is C14H26N2O. The van der Waals surface area contributed by atoms with E-state index in [1.165, 1.54) is 5.56 Å². The van der Waals surface area contributed by atoms with E-state index in [0.717, 1.165) is 19.6 Å². The summed E-state index contributed by atoms with van der Waals surface area (Å²) in [4.78, 5) is 2.41. The van der Waals surface area contributed by atoms with Crippen molar-refractivity contribution in [2.75, 3.05) is 20.1 Å². The third kappa shape index (κ3) is 4.92.